The summed E-state index contributed by atoms with van der Waals surface area (Å²) >= 11 is 0. The third kappa shape index (κ3) is 2.77. The molecular weight excluding hydrogens is 347 g/mol. The molecular formula is C18H12F3N3O2. The Balaban J connectivity index is 2.06. The maximum Gasteiger partial charge on any atom is 0.417 e. The second-order valence-electron chi connectivity index (χ2n) is 5.72. The number of anilines is 1. The minimum atomic E-state index is -4.78. The summed E-state index contributed by atoms with van der Waals surface area (Å²) in [5.74, 6) is -0.651. The number of carbonyl (C=O) groups excluding carboxylic acids is 2. The van der Waals surface area contributed by atoms with Crippen LogP contribution in [0.15, 0.2) is 48.5 Å². The van der Waals surface area contributed by atoms with E-state index in [0.29, 0.717) is 16.5 Å². The second-order valence-corrected chi connectivity index (χ2v) is 5.72. The van der Waals surface area contributed by atoms with Crippen LogP contribution in [0, 0.1) is 11.3 Å². The topological polar surface area (TPSA) is 64.4 Å². The lowest BCUT2D eigenvalue weighted by Crippen LogP contribution is -2.31. The zero-order chi connectivity index (χ0) is 19.1. The zero-order valence-electron chi connectivity index (χ0n) is 13.5. The highest BCUT2D eigenvalue weighted by atomic mass is 19.4. The molecule has 0 saturated carbocycles. The van der Waals surface area contributed by atoms with E-state index in [1.54, 1.807) is 30.3 Å². The molecule has 0 N–H and O–H groups in total. The average molecular weight is 359 g/mol. The van der Waals surface area contributed by atoms with Gasteiger partial charge < -0.3 is 4.90 Å². The molecule has 1 fully saturated rings. The fourth-order valence-electron chi connectivity index (χ4n) is 2.89. The highest BCUT2D eigenvalue weighted by Gasteiger charge is 2.45. The molecule has 0 aromatic heterocycles. The number of likely N-dealkylation sites (N-methyl/N-ethyl adjacent to an activating group) is 1. The van der Waals surface area contributed by atoms with E-state index in [1.165, 1.54) is 18.0 Å². The number of nitriles is 1. The van der Waals surface area contributed by atoms with Gasteiger partial charge in [-0.3, -0.25) is 4.79 Å². The molecule has 1 unspecified atom stereocenters. The molecule has 0 aliphatic carbocycles. The standard InChI is InChI=1S/C18H12F3N3O2/c1-23-15(11-5-3-2-4-6-11)16(25)24(17(23)26)13-8-7-12(10-22)14(9-13)18(19,20)21/h2-9,15H,1H3. The smallest absolute Gasteiger partial charge is 0.311 e. The summed E-state index contributed by atoms with van der Waals surface area (Å²) in [6.07, 6.45) is -4.78. The van der Waals surface area contributed by atoms with E-state index >= 15 is 0 Å². The van der Waals surface area contributed by atoms with Crippen LogP contribution >= 0.6 is 0 Å². The lowest BCUT2D eigenvalue weighted by molar-refractivity contribution is -0.137. The Morgan fingerprint density at radius 2 is 1.73 bits per heavy atom. The number of alkyl halides is 3. The van der Waals surface area contributed by atoms with E-state index in [2.05, 4.69) is 0 Å². The Kier molecular flexibility index (Phi) is 4.16. The molecule has 1 aliphatic rings. The minimum absolute atomic E-state index is 0.225. The second kappa shape index (κ2) is 6.19. The van der Waals surface area contributed by atoms with Crippen LogP contribution in [-0.2, 0) is 11.0 Å². The van der Waals surface area contributed by atoms with Gasteiger partial charge in [0.05, 0.1) is 22.9 Å². The number of carbonyl (C=O) groups is 2. The summed E-state index contributed by atoms with van der Waals surface area (Å²) in [6, 6.07) is 11.0. The molecule has 0 spiro atoms. The number of amides is 3. The van der Waals surface area contributed by atoms with E-state index < -0.39 is 35.3 Å². The molecule has 1 aliphatic heterocycles. The summed E-state index contributed by atoms with van der Waals surface area (Å²) in [4.78, 5) is 27.1. The molecule has 3 amide bonds. The molecule has 1 saturated heterocycles. The maximum absolute atomic E-state index is 13.2. The van der Waals surface area contributed by atoms with Gasteiger partial charge in [0.25, 0.3) is 5.91 Å². The van der Waals surface area contributed by atoms with Gasteiger partial charge in [-0.25, -0.2) is 9.69 Å². The molecule has 8 heteroatoms. The van der Waals surface area contributed by atoms with Crippen molar-refractivity contribution in [2.24, 2.45) is 0 Å². The molecule has 2 aromatic carbocycles. The number of hydrogen-bond acceptors (Lipinski definition) is 3. The van der Waals surface area contributed by atoms with Crippen molar-refractivity contribution in [1.29, 1.82) is 5.26 Å². The van der Waals surface area contributed by atoms with Crippen LogP contribution in [0.4, 0.5) is 23.7 Å². The van der Waals surface area contributed by atoms with E-state index in [9.17, 15) is 22.8 Å². The van der Waals surface area contributed by atoms with Gasteiger partial charge in [0.15, 0.2) is 0 Å². The van der Waals surface area contributed by atoms with Gasteiger partial charge in [-0.1, -0.05) is 30.3 Å². The minimum Gasteiger partial charge on any atom is -0.311 e. The number of imide groups is 1. The number of rotatable bonds is 2. The van der Waals surface area contributed by atoms with Crippen LogP contribution in [0.5, 0.6) is 0 Å². The van der Waals surface area contributed by atoms with Crippen LogP contribution in [0.2, 0.25) is 0 Å². The number of benzene rings is 2. The molecule has 132 valence electrons. The summed E-state index contributed by atoms with van der Waals surface area (Å²) in [5.41, 5.74) is -1.44. The average Bonchev–Trinajstić information content (AvgIpc) is 2.83. The SMILES string of the molecule is CN1C(=O)N(c2ccc(C#N)c(C(F)(F)F)c2)C(=O)C1c1ccccc1. The van der Waals surface area contributed by atoms with Crippen molar-refractivity contribution in [2.75, 3.05) is 11.9 Å². The molecule has 0 radical (unpaired) electrons. The zero-order valence-corrected chi connectivity index (χ0v) is 13.5. The number of hydrogen-bond donors (Lipinski definition) is 0. The molecule has 0 bridgehead atoms. The van der Waals surface area contributed by atoms with Crippen molar-refractivity contribution in [3.63, 3.8) is 0 Å². The van der Waals surface area contributed by atoms with E-state index in [4.69, 9.17) is 5.26 Å². The highest BCUT2D eigenvalue weighted by molar-refractivity contribution is 6.21. The Bertz CT molecular complexity index is 920. The summed E-state index contributed by atoms with van der Waals surface area (Å²) < 4.78 is 39.5. The van der Waals surface area contributed by atoms with Crippen molar-refractivity contribution < 1.29 is 22.8 Å². The van der Waals surface area contributed by atoms with Gasteiger partial charge in [-0.15, -0.1) is 0 Å². The van der Waals surface area contributed by atoms with Gasteiger partial charge in [0.1, 0.15) is 6.04 Å². The van der Waals surface area contributed by atoms with Crippen molar-refractivity contribution in [3.8, 4) is 6.07 Å². The molecule has 1 heterocycles. The number of nitrogens with zero attached hydrogens (tertiary/aromatic N) is 3. The van der Waals surface area contributed by atoms with Gasteiger partial charge in [-0.05, 0) is 23.8 Å². The first-order valence-corrected chi connectivity index (χ1v) is 7.52. The van der Waals surface area contributed by atoms with Crippen LogP contribution in [0.3, 0.4) is 0 Å². The third-order valence-corrected chi connectivity index (χ3v) is 4.14. The predicted molar refractivity (Wildman–Crippen MR) is 86.0 cm³/mol. The highest BCUT2D eigenvalue weighted by Crippen LogP contribution is 2.37. The summed E-state index contributed by atoms with van der Waals surface area (Å²) in [6.45, 7) is 0. The van der Waals surface area contributed by atoms with Crippen LogP contribution in [0.25, 0.3) is 0 Å². The van der Waals surface area contributed by atoms with Crippen molar-refractivity contribution in [3.05, 3.63) is 65.2 Å². The van der Waals surface area contributed by atoms with E-state index in [-0.39, 0.29) is 5.69 Å². The molecule has 1 atom stereocenters. The predicted octanol–water partition coefficient (Wildman–Crippen LogP) is 3.72. The van der Waals surface area contributed by atoms with Gasteiger partial charge in [0, 0.05) is 7.05 Å². The first-order chi connectivity index (χ1) is 12.3. The van der Waals surface area contributed by atoms with Crippen LogP contribution in [0.1, 0.15) is 22.7 Å². The summed E-state index contributed by atoms with van der Waals surface area (Å²) in [5, 5.41) is 8.87. The third-order valence-electron chi connectivity index (χ3n) is 4.14. The quantitative estimate of drug-likeness (QED) is 0.768. The molecule has 26 heavy (non-hydrogen) atoms. The van der Waals surface area contributed by atoms with E-state index in [0.717, 1.165) is 12.1 Å². The van der Waals surface area contributed by atoms with Crippen LogP contribution in [-0.4, -0.2) is 23.9 Å². The van der Waals surface area contributed by atoms with Gasteiger partial charge in [0.2, 0.25) is 0 Å². The van der Waals surface area contributed by atoms with Gasteiger partial charge >= 0.3 is 12.2 Å². The van der Waals surface area contributed by atoms with Crippen LogP contribution < -0.4 is 4.90 Å². The molecule has 3 rings (SSSR count). The van der Waals surface area contributed by atoms with Crippen molar-refractivity contribution in [1.82, 2.24) is 4.90 Å². The molecule has 2 aromatic rings. The largest absolute Gasteiger partial charge is 0.417 e. The molecule has 5 nitrogen and oxygen atoms in total. The van der Waals surface area contributed by atoms with Gasteiger partial charge in [-0.2, -0.15) is 18.4 Å². The lowest BCUT2D eigenvalue weighted by Gasteiger charge is -2.16. The Morgan fingerprint density at radius 1 is 1.08 bits per heavy atom. The van der Waals surface area contributed by atoms with E-state index in [1.807, 2.05) is 0 Å². The Labute approximate surface area is 146 Å². The number of urea groups is 1. The first-order valence-electron chi connectivity index (χ1n) is 7.52. The maximum atomic E-state index is 13.2. The summed E-state index contributed by atoms with van der Waals surface area (Å²) in [7, 11) is 1.41. The van der Waals surface area contributed by atoms with Crippen molar-refractivity contribution in [2.45, 2.75) is 12.2 Å². The first kappa shape index (κ1) is 17.5. The normalized spacial score (nSPS) is 17.6. The van der Waals surface area contributed by atoms with Crippen molar-refractivity contribution >= 4 is 17.6 Å². The monoisotopic (exact) mass is 359 g/mol. The lowest BCUT2D eigenvalue weighted by atomic mass is 10.0. The number of halogens is 3. The Hall–Kier alpha value is -3.34. The fourth-order valence-corrected chi connectivity index (χ4v) is 2.89. The fraction of sp³-hybridized carbons (Fsp3) is 0.167. The Morgan fingerprint density at radius 3 is 2.31 bits per heavy atom.